The maximum atomic E-state index is 12.9. The molecule has 2 atom stereocenters. The van der Waals surface area contributed by atoms with Crippen LogP contribution in [0, 0.1) is 0 Å². The standard InChI is InChI=1S/C20H28N2O4S/c1-13(23)22-16(19(24)21-15-7-5-4-6-8-15)12-27-20(22)14-9-10-17(25-2)18(11-14)26-3/h9-11,15-16,20H,4-8,12H2,1-3H3,(H,21,24)/t16-,20-/m1/s1. The number of methoxy groups -OCH3 is 2. The predicted molar refractivity (Wildman–Crippen MR) is 106 cm³/mol. The Kier molecular flexibility index (Phi) is 6.52. The number of carbonyl (C=O) groups is 2. The molecule has 1 heterocycles. The molecule has 1 saturated heterocycles. The van der Waals surface area contributed by atoms with Gasteiger partial charge in [-0.2, -0.15) is 0 Å². The second kappa shape index (κ2) is 8.87. The van der Waals surface area contributed by atoms with Crippen LogP contribution in [0.15, 0.2) is 18.2 Å². The number of hydrogen-bond acceptors (Lipinski definition) is 5. The molecule has 1 aromatic rings. The van der Waals surface area contributed by atoms with Gasteiger partial charge in [0.05, 0.1) is 14.2 Å². The van der Waals surface area contributed by atoms with Crippen LogP contribution in [-0.2, 0) is 9.59 Å². The molecular weight excluding hydrogens is 364 g/mol. The van der Waals surface area contributed by atoms with E-state index < -0.39 is 6.04 Å². The molecule has 27 heavy (non-hydrogen) atoms. The summed E-state index contributed by atoms with van der Waals surface area (Å²) in [5.74, 6) is 1.73. The molecule has 0 bridgehead atoms. The fourth-order valence-electron chi connectivity index (χ4n) is 3.90. The number of nitrogens with zero attached hydrogens (tertiary/aromatic N) is 1. The second-order valence-corrected chi connectivity index (χ2v) is 8.20. The van der Waals surface area contributed by atoms with Crippen molar-refractivity contribution in [2.45, 2.75) is 56.5 Å². The van der Waals surface area contributed by atoms with Crippen LogP contribution in [0.2, 0.25) is 0 Å². The van der Waals surface area contributed by atoms with Gasteiger partial charge in [0.25, 0.3) is 0 Å². The minimum atomic E-state index is -0.437. The molecule has 0 radical (unpaired) electrons. The second-order valence-electron chi connectivity index (χ2n) is 7.09. The average Bonchev–Trinajstić information content (AvgIpc) is 3.13. The molecule has 148 valence electrons. The van der Waals surface area contributed by atoms with E-state index in [2.05, 4.69) is 5.32 Å². The van der Waals surface area contributed by atoms with Crippen molar-refractivity contribution in [2.24, 2.45) is 0 Å². The summed E-state index contributed by atoms with van der Waals surface area (Å²) in [6.45, 7) is 1.53. The molecule has 0 aromatic heterocycles. The van der Waals surface area contributed by atoms with Crippen molar-refractivity contribution in [3.05, 3.63) is 23.8 Å². The van der Waals surface area contributed by atoms with E-state index in [4.69, 9.17) is 9.47 Å². The van der Waals surface area contributed by atoms with Gasteiger partial charge in [-0.1, -0.05) is 25.3 Å². The normalized spacial score (nSPS) is 23.1. The molecule has 7 heteroatoms. The van der Waals surface area contributed by atoms with E-state index in [0.29, 0.717) is 17.3 Å². The first-order valence-electron chi connectivity index (χ1n) is 9.48. The van der Waals surface area contributed by atoms with Gasteiger partial charge in [-0.3, -0.25) is 9.59 Å². The largest absolute Gasteiger partial charge is 0.493 e. The molecular formula is C20H28N2O4S. The zero-order valence-electron chi connectivity index (χ0n) is 16.2. The molecule has 0 unspecified atom stereocenters. The van der Waals surface area contributed by atoms with Gasteiger partial charge in [0.2, 0.25) is 11.8 Å². The Morgan fingerprint density at radius 2 is 1.81 bits per heavy atom. The van der Waals surface area contributed by atoms with Gasteiger partial charge in [-0.05, 0) is 30.5 Å². The lowest BCUT2D eigenvalue weighted by Gasteiger charge is -2.30. The number of nitrogens with one attached hydrogen (secondary N) is 1. The predicted octanol–water partition coefficient (Wildman–Crippen LogP) is 3.12. The minimum absolute atomic E-state index is 0.0347. The van der Waals surface area contributed by atoms with Crippen LogP contribution in [0.1, 0.15) is 50.0 Å². The summed E-state index contributed by atoms with van der Waals surface area (Å²) in [4.78, 5) is 27.0. The highest BCUT2D eigenvalue weighted by atomic mass is 32.2. The Balaban J connectivity index is 1.77. The lowest BCUT2D eigenvalue weighted by Crippen LogP contribution is -2.50. The van der Waals surface area contributed by atoms with E-state index in [-0.39, 0.29) is 23.2 Å². The Hall–Kier alpha value is -1.89. The number of carbonyl (C=O) groups excluding carboxylic acids is 2. The number of benzene rings is 1. The molecule has 6 nitrogen and oxygen atoms in total. The van der Waals surface area contributed by atoms with Crippen LogP contribution in [0.3, 0.4) is 0 Å². The summed E-state index contributed by atoms with van der Waals surface area (Å²) in [5, 5.41) is 2.96. The van der Waals surface area contributed by atoms with Crippen LogP contribution in [-0.4, -0.2) is 48.8 Å². The van der Waals surface area contributed by atoms with Crippen molar-refractivity contribution in [1.82, 2.24) is 10.2 Å². The van der Waals surface area contributed by atoms with E-state index >= 15 is 0 Å². The summed E-state index contributed by atoms with van der Waals surface area (Å²) in [7, 11) is 3.18. The zero-order valence-corrected chi connectivity index (χ0v) is 17.0. The topological polar surface area (TPSA) is 67.9 Å². The molecule has 3 rings (SSSR count). The summed E-state index contributed by atoms with van der Waals surface area (Å²) >= 11 is 1.61. The Bertz CT molecular complexity index is 691. The fourth-order valence-corrected chi connectivity index (χ4v) is 5.37. The smallest absolute Gasteiger partial charge is 0.243 e. The highest BCUT2D eigenvalue weighted by Gasteiger charge is 2.41. The Labute approximate surface area is 165 Å². The summed E-state index contributed by atoms with van der Waals surface area (Å²) in [6.07, 6.45) is 5.63. The van der Waals surface area contributed by atoms with Crippen molar-refractivity contribution < 1.29 is 19.1 Å². The van der Waals surface area contributed by atoms with Gasteiger partial charge in [0, 0.05) is 18.7 Å². The third-order valence-corrected chi connectivity index (χ3v) is 6.63. The van der Waals surface area contributed by atoms with E-state index in [1.165, 1.54) is 13.3 Å². The first-order chi connectivity index (χ1) is 13.0. The van der Waals surface area contributed by atoms with Crippen LogP contribution in [0.25, 0.3) is 0 Å². The van der Waals surface area contributed by atoms with Gasteiger partial charge < -0.3 is 19.7 Å². The van der Waals surface area contributed by atoms with Crippen LogP contribution in [0.4, 0.5) is 0 Å². The molecule has 1 aliphatic carbocycles. The van der Waals surface area contributed by atoms with Gasteiger partial charge in [-0.25, -0.2) is 0 Å². The number of ether oxygens (including phenoxy) is 2. The highest BCUT2D eigenvalue weighted by molar-refractivity contribution is 7.99. The molecule has 1 aliphatic heterocycles. The van der Waals surface area contributed by atoms with E-state index in [1.807, 2.05) is 18.2 Å². The van der Waals surface area contributed by atoms with Gasteiger partial charge in [0.1, 0.15) is 11.4 Å². The zero-order chi connectivity index (χ0) is 19.4. The van der Waals surface area contributed by atoms with Crippen LogP contribution < -0.4 is 14.8 Å². The average molecular weight is 393 g/mol. The molecule has 0 spiro atoms. The third-order valence-electron chi connectivity index (χ3n) is 5.31. The van der Waals surface area contributed by atoms with Crippen molar-refractivity contribution >= 4 is 23.6 Å². The highest BCUT2D eigenvalue weighted by Crippen LogP contribution is 2.43. The van der Waals surface area contributed by atoms with E-state index in [0.717, 1.165) is 31.2 Å². The lowest BCUT2D eigenvalue weighted by atomic mass is 9.95. The van der Waals surface area contributed by atoms with E-state index in [9.17, 15) is 9.59 Å². The lowest BCUT2D eigenvalue weighted by molar-refractivity contribution is -0.138. The number of hydrogen-bond donors (Lipinski definition) is 1. The van der Waals surface area contributed by atoms with Crippen LogP contribution in [0.5, 0.6) is 11.5 Å². The molecule has 2 aliphatic rings. The third kappa shape index (κ3) is 4.34. The maximum absolute atomic E-state index is 12.9. The maximum Gasteiger partial charge on any atom is 0.243 e. The number of rotatable bonds is 5. The van der Waals surface area contributed by atoms with Gasteiger partial charge >= 0.3 is 0 Å². The molecule has 2 amide bonds. The monoisotopic (exact) mass is 392 g/mol. The van der Waals surface area contributed by atoms with Crippen molar-refractivity contribution in [3.8, 4) is 11.5 Å². The fraction of sp³-hybridized carbons (Fsp3) is 0.600. The van der Waals surface area contributed by atoms with Gasteiger partial charge in [-0.15, -0.1) is 11.8 Å². The SMILES string of the molecule is COc1ccc([C@H]2SC[C@H](C(=O)NC3CCCCC3)N2C(C)=O)cc1OC. The summed E-state index contributed by atoms with van der Waals surface area (Å²) in [6, 6.07) is 5.45. The molecule has 1 saturated carbocycles. The molecule has 1 N–H and O–H groups in total. The van der Waals surface area contributed by atoms with E-state index in [1.54, 1.807) is 30.9 Å². The first kappa shape index (κ1) is 19.9. The van der Waals surface area contributed by atoms with Crippen molar-refractivity contribution in [1.29, 1.82) is 0 Å². The molecule has 1 aromatic carbocycles. The number of amides is 2. The number of thioether (sulfide) groups is 1. The Morgan fingerprint density at radius 3 is 2.44 bits per heavy atom. The first-order valence-corrected chi connectivity index (χ1v) is 10.5. The Morgan fingerprint density at radius 1 is 1.11 bits per heavy atom. The van der Waals surface area contributed by atoms with Gasteiger partial charge in [0.15, 0.2) is 11.5 Å². The molecule has 2 fully saturated rings. The summed E-state index contributed by atoms with van der Waals surface area (Å²) < 4.78 is 10.7. The summed E-state index contributed by atoms with van der Waals surface area (Å²) in [5.41, 5.74) is 0.931. The minimum Gasteiger partial charge on any atom is -0.493 e. The van der Waals surface area contributed by atoms with Crippen molar-refractivity contribution in [2.75, 3.05) is 20.0 Å². The van der Waals surface area contributed by atoms with Crippen molar-refractivity contribution in [3.63, 3.8) is 0 Å². The quantitative estimate of drug-likeness (QED) is 0.834. The van der Waals surface area contributed by atoms with Crippen LogP contribution >= 0.6 is 11.8 Å².